The number of aliphatic hydroxyl groups is 2. The summed E-state index contributed by atoms with van der Waals surface area (Å²) in [4.78, 5) is 39.7. The molecule has 2 saturated heterocycles. The van der Waals surface area contributed by atoms with Crippen LogP contribution in [0.25, 0.3) is 0 Å². The highest BCUT2D eigenvalue weighted by molar-refractivity contribution is 14.1. The normalized spacial score (nSPS) is 26.6. The number of aldehydes is 1. The van der Waals surface area contributed by atoms with Crippen LogP contribution in [0.4, 0.5) is 0 Å². The van der Waals surface area contributed by atoms with Crippen molar-refractivity contribution >= 4 is 40.7 Å². The Balaban J connectivity index is 1.69. The minimum absolute atomic E-state index is 0.0578. The zero-order chi connectivity index (χ0) is 27.9. The number of halogens is 1. The Morgan fingerprint density at radius 2 is 2.00 bits per heavy atom. The topological polar surface area (TPSA) is 144 Å². The average Bonchev–Trinajstić information content (AvgIpc) is 3.67. The highest BCUT2D eigenvalue weighted by Gasteiger charge is 2.44. The van der Waals surface area contributed by atoms with Gasteiger partial charge in [-0.2, -0.15) is 0 Å². The largest absolute Gasteiger partial charge is 0.493 e. The van der Waals surface area contributed by atoms with E-state index in [1.165, 1.54) is 19.3 Å². The zero-order valence-corrected chi connectivity index (χ0v) is 24.0. The SMILES string of the molecule is COc1cc(C=O)cc(I)c1O[C@H]1C=C(C(=O)NCCO)C[C@@H](N(C[C@@H]2CCCO2)C(=O)C2CCCO2)[C@@H]1O. The van der Waals surface area contributed by atoms with Crippen molar-refractivity contribution in [2.75, 3.05) is 40.0 Å². The van der Waals surface area contributed by atoms with Crippen LogP contribution in [0.3, 0.4) is 0 Å². The van der Waals surface area contributed by atoms with Gasteiger partial charge in [-0.3, -0.25) is 14.4 Å². The van der Waals surface area contributed by atoms with Crippen LogP contribution in [0, 0.1) is 3.57 Å². The lowest BCUT2D eigenvalue weighted by Crippen LogP contribution is -2.58. The number of benzene rings is 1. The quantitative estimate of drug-likeness (QED) is 0.236. The van der Waals surface area contributed by atoms with E-state index in [0.29, 0.717) is 52.1 Å². The molecule has 3 N–H and O–H groups in total. The lowest BCUT2D eigenvalue weighted by atomic mass is 9.87. The van der Waals surface area contributed by atoms with Crippen LogP contribution in [0.15, 0.2) is 23.8 Å². The molecule has 2 aliphatic heterocycles. The molecule has 12 heteroatoms. The fourth-order valence-corrected chi connectivity index (χ4v) is 5.94. The minimum Gasteiger partial charge on any atom is -0.493 e. The Labute approximate surface area is 240 Å². The first kappa shape index (κ1) is 29.7. The van der Waals surface area contributed by atoms with Crippen molar-refractivity contribution < 1.29 is 43.5 Å². The van der Waals surface area contributed by atoms with E-state index in [4.69, 9.17) is 18.9 Å². The summed E-state index contributed by atoms with van der Waals surface area (Å²) in [5.41, 5.74) is 0.717. The first-order chi connectivity index (χ1) is 18.9. The van der Waals surface area contributed by atoms with Crippen LogP contribution in [0.1, 0.15) is 42.5 Å². The van der Waals surface area contributed by atoms with Crippen LogP contribution in [0.5, 0.6) is 11.5 Å². The standard InChI is InChI=1S/C27H35IN2O9/c1-36-23-11-16(15-32)10-19(28)25(23)39-22-13-17(26(34)29-6-7-31)12-20(24(22)33)30(14-18-4-2-8-37-18)27(35)21-5-3-9-38-21/h10-11,13,15,18,20-22,24,31,33H,2-9,12,14H2,1H3,(H,29,34)/t18-,20+,21?,22-,24-/m0/s1. The van der Waals surface area contributed by atoms with Crippen LogP contribution >= 0.6 is 22.6 Å². The van der Waals surface area contributed by atoms with Gasteiger partial charge in [-0.1, -0.05) is 0 Å². The number of hydrogen-bond donors (Lipinski definition) is 3. The van der Waals surface area contributed by atoms with Crippen LogP contribution in [-0.2, 0) is 19.1 Å². The van der Waals surface area contributed by atoms with Gasteiger partial charge in [0.1, 0.15) is 24.6 Å². The van der Waals surface area contributed by atoms with E-state index in [0.717, 1.165) is 19.3 Å². The molecule has 214 valence electrons. The third-order valence-corrected chi connectivity index (χ3v) is 7.97. The number of carbonyl (C=O) groups excluding carboxylic acids is 3. The predicted molar refractivity (Wildman–Crippen MR) is 148 cm³/mol. The number of ether oxygens (including phenoxy) is 4. The number of nitrogens with one attached hydrogen (secondary N) is 1. The Morgan fingerprint density at radius 3 is 2.64 bits per heavy atom. The van der Waals surface area contributed by atoms with E-state index >= 15 is 0 Å². The molecule has 1 aromatic carbocycles. The molecule has 0 spiro atoms. The van der Waals surface area contributed by atoms with Gasteiger partial charge in [-0.25, -0.2) is 0 Å². The molecule has 2 heterocycles. The van der Waals surface area contributed by atoms with Crippen molar-refractivity contribution in [2.45, 2.75) is 62.6 Å². The molecular formula is C27H35IN2O9. The molecule has 1 aromatic rings. The van der Waals surface area contributed by atoms with Crippen molar-refractivity contribution in [1.29, 1.82) is 0 Å². The number of rotatable bonds is 11. The average molecular weight is 658 g/mol. The molecule has 1 aliphatic carbocycles. The van der Waals surface area contributed by atoms with Crippen LogP contribution < -0.4 is 14.8 Å². The summed E-state index contributed by atoms with van der Waals surface area (Å²) in [5.74, 6) is -0.0694. The summed E-state index contributed by atoms with van der Waals surface area (Å²) in [7, 11) is 1.44. The van der Waals surface area contributed by atoms with E-state index < -0.39 is 30.3 Å². The molecule has 0 aromatic heterocycles. The molecule has 4 rings (SSSR count). The van der Waals surface area contributed by atoms with E-state index in [9.17, 15) is 24.6 Å². The van der Waals surface area contributed by atoms with Crippen LogP contribution in [0.2, 0.25) is 0 Å². The van der Waals surface area contributed by atoms with Gasteiger partial charge in [0.25, 0.3) is 5.91 Å². The van der Waals surface area contributed by atoms with Gasteiger partial charge in [0.2, 0.25) is 5.91 Å². The van der Waals surface area contributed by atoms with Gasteiger partial charge in [0.05, 0.1) is 29.4 Å². The van der Waals surface area contributed by atoms with Gasteiger partial charge in [-0.15, -0.1) is 0 Å². The van der Waals surface area contributed by atoms with Crippen molar-refractivity contribution in [3.05, 3.63) is 32.9 Å². The molecule has 0 saturated carbocycles. The molecule has 1 unspecified atom stereocenters. The second kappa shape index (κ2) is 13.9. The van der Waals surface area contributed by atoms with Gasteiger partial charge in [0, 0.05) is 43.9 Å². The second-order valence-corrected chi connectivity index (χ2v) is 11.0. The number of nitrogens with zero attached hydrogens (tertiary/aromatic N) is 1. The molecule has 3 aliphatic rings. The van der Waals surface area contributed by atoms with Gasteiger partial charge in [0.15, 0.2) is 11.5 Å². The summed E-state index contributed by atoms with van der Waals surface area (Å²) in [6.07, 6.45) is 2.33. The van der Waals surface area contributed by atoms with Crippen molar-refractivity contribution in [3.63, 3.8) is 0 Å². The van der Waals surface area contributed by atoms with E-state index in [2.05, 4.69) is 5.32 Å². The smallest absolute Gasteiger partial charge is 0.252 e. The maximum Gasteiger partial charge on any atom is 0.252 e. The number of hydrogen-bond acceptors (Lipinski definition) is 9. The Hall–Kier alpha value is -2.26. The maximum absolute atomic E-state index is 13.7. The molecule has 2 fully saturated rings. The molecule has 39 heavy (non-hydrogen) atoms. The molecule has 11 nitrogen and oxygen atoms in total. The van der Waals surface area contributed by atoms with Crippen molar-refractivity contribution in [1.82, 2.24) is 10.2 Å². The first-order valence-electron chi connectivity index (χ1n) is 13.2. The summed E-state index contributed by atoms with van der Waals surface area (Å²) in [6, 6.07) is 2.36. The van der Waals surface area contributed by atoms with Gasteiger partial charge < -0.3 is 39.4 Å². The summed E-state index contributed by atoms with van der Waals surface area (Å²) in [6.45, 7) is 1.18. The number of amides is 2. The Morgan fingerprint density at radius 1 is 1.23 bits per heavy atom. The van der Waals surface area contributed by atoms with Crippen molar-refractivity contribution in [3.8, 4) is 11.5 Å². The molecule has 0 radical (unpaired) electrons. The maximum atomic E-state index is 13.7. The Bertz CT molecular complexity index is 1070. The predicted octanol–water partition coefficient (Wildman–Crippen LogP) is 1.21. The Kier molecular flexibility index (Phi) is 10.6. The first-order valence-corrected chi connectivity index (χ1v) is 14.2. The minimum atomic E-state index is -1.20. The van der Waals surface area contributed by atoms with E-state index in [1.54, 1.807) is 11.0 Å². The number of methoxy groups -OCH3 is 1. The van der Waals surface area contributed by atoms with E-state index in [1.807, 2.05) is 22.6 Å². The highest BCUT2D eigenvalue weighted by atomic mass is 127. The number of aliphatic hydroxyl groups excluding tert-OH is 2. The molecule has 0 bridgehead atoms. The third kappa shape index (κ3) is 7.09. The molecule has 5 atom stereocenters. The van der Waals surface area contributed by atoms with Crippen LogP contribution in [-0.4, -0.2) is 104 Å². The lowest BCUT2D eigenvalue weighted by Gasteiger charge is -2.42. The monoisotopic (exact) mass is 658 g/mol. The van der Waals surface area contributed by atoms with E-state index in [-0.39, 0.29) is 38.1 Å². The molecular weight excluding hydrogens is 623 g/mol. The lowest BCUT2D eigenvalue weighted by molar-refractivity contribution is -0.150. The number of carbonyl (C=O) groups is 3. The summed E-state index contributed by atoms with van der Waals surface area (Å²) in [5, 5.41) is 23.5. The second-order valence-electron chi connectivity index (χ2n) is 9.80. The fraction of sp³-hybridized carbons (Fsp3) is 0.593. The fourth-order valence-electron chi connectivity index (χ4n) is 5.19. The summed E-state index contributed by atoms with van der Waals surface area (Å²) >= 11 is 2.02. The third-order valence-electron chi connectivity index (χ3n) is 7.17. The highest BCUT2D eigenvalue weighted by Crippen LogP contribution is 2.37. The molecule has 2 amide bonds. The zero-order valence-electron chi connectivity index (χ0n) is 21.8. The van der Waals surface area contributed by atoms with Gasteiger partial charge >= 0.3 is 0 Å². The van der Waals surface area contributed by atoms with Gasteiger partial charge in [-0.05, 0) is 66.5 Å². The summed E-state index contributed by atoms with van der Waals surface area (Å²) < 4.78 is 23.8. The van der Waals surface area contributed by atoms with Crippen molar-refractivity contribution in [2.24, 2.45) is 0 Å².